The van der Waals surface area contributed by atoms with Gasteiger partial charge in [0.05, 0.1) is 11.5 Å². The number of benzene rings is 1. The molecule has 0 amide bonds. The van der Waals surface area contributed by atoms with E-state index in [9.17, 15) is 14.9 Å². The van der Waals surface area contributed by atoms with Gasteiger partial charge in [-0.2, -0.15) is 0 Å². The van der Waals surface area contributed by atoms with Gasteiger partial charge in [0.25, 0.3) is 5.69 Å². The van der Waals surface area contributed by atoms with Crippen molar-refractivity contribution in [2.24, 2.45) is 0 Å². The van der Waals surface area contributed by atoms with E-state index in [1.165, 1.54) is 23.9 Å². The van der Waals surface area contributed by atoms with Gasteiger partial charge in [0.2, 0.25) is 0 Å². The number of hydrogen-bond donors (Lipinski definition) is 1. The molecule has 1 unspecified atom stereocenters. The molecule has 0 spiro atoms. The van der Waals surface area contributed by atoms with Crippen molar-refractivity contribution in [3.8, 4) is 0 Å². The number of likely N-dealkylation sites (N-methyl/N-ethyl adjacent to an activating group) is 1. The third kappa shape index (κ3) is 5.02. The Morgan fingerprint density at radius 3 is 2.48 bits per heavy atom. The molecule has 0 bridgehead atoms. The molecule has 1 aromatic rings. The average Bonchev–Trinajstić information content (AvgIpc) is 2.46. The second kappa shape index (κ2) is 7.99. The first-order chi connectivity index (χ1) is 9.92. The van der Waals surface area contributed by atoms with E-state index in [4.69, 9.17) is 4.74 Å². The van der Waals surface area contributed by atoms with Gasteiger partial charge in [0, 0.05) is 22.8 Å². The Labute approximate surface area is 128 Å². The van der Waals surface area contributed by atoms with E-state index in [0.29, 0.717) is 18.9 Å². The second-order valence-electron chi connectivity index (χ2n) is 4.62. The van der Waals surface area contributed by atoms with Crippen LogP contribution in [0.3, 0.4) is 0 Å². The van der Waals surface area contributed by atoms with Crippen LogP contribution in [0.5, 0.6) is 0 Å². The molecule has 21 heavy (non-hydrogen) atoms. The van der Waals surface area contributed by atoms with Crippen molar-refractivity contribution in [1.82, 2.24) is 5.32 Å². The molecule has 0 radical (unpaired) electrons. The zero-order valence-corrected chi connectivity index (χ0v) is 13.2. The van der Waals surface area contributed by atoms with Gasteiger partial charge in [-0.1, -0.05) is 6.92 Å². The van der Waals surface area contributed by atoms with Crippen molar-refractivity contribution in [3.63, 3.8) is 0 Å². The number of ether oxygens (including phenoxy) is 1. The monoisotopic (exact) mass is 312 g/mol. The predicted octanol–water partition coefficient (Wildman–Crippen LogP) is 2.62. The zero-order chi connectivity index (χ0) is 15.9. The van der Waals surface area contributed by atoms with E-state index >= 15 is 0 Å². The van der Waals surface area contributed by atoms with Gasteiger partial charge in [-0.25, -0.2) is 0 Å². The number of esters is 1. The van der Waals surface area contributed by atoms with E-state index in [0.717, 1.165) is 4.90 Å². The summed E-state index contributed by atoms with van der Waals surface area (Å²) in [7, 11) is 0. The molecule has 0 saturated heterocycles. The molecule has 1 N–H and O–H groups in total. The molecular formula is C14H20N2O4S. The van der Waals surface area contributed by atoms with E-state index in [2.05, 4.69) is 5.32 Å². The van der Waals surface area contributed by atoms with Crippen molar-refractivity contribution in [1.29, 1.82) is 0 Å². The molecule has 116 valence electrons. The number of nitro benzene ring substituents is 1. The highest BCUT2D eigenvalue weighted by molar-refractivity contribution is 7.99. The van der Waals surface area contributed by atoms with Crippen LogP contribution in [0.4, 0.5) is 5.69 Å². The number of carbonyl (C=O) groups is 1. The lowest BCUT2D eigenvalue weighted by Crippen LogP contribution is -2.52. The fraction of sp³-hybridized carbons (Fsp3) is 0.500. The molecule has 0 aliphatic heterocycles. The van der Waals surface area contributed by atoms with Crippen molar-refractivity contribution >= 4 is 23.4 Å². The minimum atomic E-state index is -0.781. The summed E-state index contributed by atoms with van der Waals surface area (Å²) in [6.45, 7) is 6.48. The van der Waals surface area contributed by atoms with Gasteiger partial charge in [0.1, 0.15) is 5.54 Å². The number of nitrogens with zero attached hydrogens (tertiary/aromatic N) is 1. The number of carbonyl (C=O) groups excluding carboxylic acids is 1. The van der Waals surface area contributed by atoms with Crippen LogP contribution in [0.25, 0.3) is 0 Å². The fourth-order valence-electron chi connectivity index (χ4n) is 1.75. The lowest BCUT2D eigenvalue weighted by molar-refractivity contribution is -0.384. The molecule has 0 aliphatic carbocycles. The number of nitro groups is 1. The molecular weight excluding hydrogens is 292 g/mol. The zero-order valence-electron chi connectivity index (χ0n) is 12.4. The van der Waals surface area contributed by atoms with Crippen LogP contribution in [0.1, 0.15) is 20.8 Å². The van der Waals surface area contributed by atoms with Crippen LogP contribution in [0.2, 0.25) is 0 Å². The highest BCUT2D eigenvalue weighted by Gasteiger charge is 2.33. The van der Waals surface area contributed by atoms with E-state index < -0.39 is 10.5 Å². The fourth-order valence-corrected chi connectivity index (χ4v) is 2.76. The lowest BCUT2D eigenvalue weighted by Gasteiger charge is -2.27. The van der Waals surface area contributed by atoms with Crippen LogP contribution < -0.4 is 5.32 Å². The minimum Gasteiger partial charge on any atom is -0.465 e. The number of hydrogen-bond acceptors (Lipinski definition) is 6. The standard InChI is InChI=1S/C14H20N2O4S/c1-4-15-14(3,13(17)20-5-2)10-21-12-8-6-11(7-9-12)16(18)19/h6-9,15H,4-5,10H2,1-3H3. The Kier molecular flexibility index (Phi) is 6.64. The van der Waals surface area contributed by atoms with Crippen LogP contribution in [-0.4, -0.2) is 35.3 Å². The van der Waals surface area contributed by atoms with Crippen molar-refractivity contribution in [3.05, 3.63) is 34.4 Å². The van der Waals surface area contributed by atoms with Crippen molar-refractivity contribution < 1.29 is 14.5 Å². The lowest BCUT2D eigenvalue weighted by atomic mass is 10.1. The molecule has 0 heterocycles. The van der Waals surface area contributed by atoms with Gasteiger partial charge in [-0.05, 0) is 32.5 Å². The highest BCUT2D eigenvalue weighted by atomic mass is 32.2. The van der Waals surface area contributed by atoms with Crippen molar-refractivity contribution in [2.75, 3.05) is 18.9 Å². The quantitative estimate of drug-likeness (QED) is 0.344. The summed E-state index contributed by atoms with van der Waals surface area (Å²) in [6, 6.07) is 6.27. The SMILES string of the molecule is CCNC(C)(CSc1ccc([N+](=O)[O-])cc1)C(=O)OCC. The average molecular weight is 312 g/mol. The first kappa shape index (κ1) is 17.5. The van der Waals surface area contributed by atoms with Crippen molar-refractivity contribution in [2.45, 2.75) is 31.2 Å². The van der Waals surface area contributed by atoms with Gasteiger partial charge in [-0.3, -0.25) is 14.9 Å². The van der Waals surface area contributed by atoms with Gasteiger partial charge < -0.3 is 10.1 Å². The van der Waals surface area contributed by atoms with Gasteiger partial charge >= 0.3 is 5.97 Å². The number of nitrogens with one attached hydrogen (secondary N) is 1. The largest absolute Gasteiger partial charge is 0.465 e. The molecule has 0 saturated carbocycles. The maximum absolute atomic E-state index is 12.0. The summed E-state index contributed by atoms with van der Waals surface area (Å²) in [5, 5.41) is 13.7. The summed E-state index contributed by atoms with van der Waals surface area (Å²) in [4.78, 5) is 23.1. The Bertz CT molecular complexity index is 492. The van der Waals surface area contributed by atoms with Gasteiger partial charge in [0.15, 0.2) is 0 Å². The third-order valence-corrected chi connectivity index (χ3v) is 4.20. The minimum absolute atomic E-state index is 0.0548. The molecule has 0 aliphatic rings. The summed E-state index contributed by atoms with van der Waals surface area (Å²) < 4.78 is 5.09. The van der Waals surface area contributed by atoms with Crippen LogP contribution in [0, 0.1) is 10.1 Å². The number of rotatable bonds is 8. The maximum atomic E-state index is 12.0. The molecule has 6 nitrogen and oxygen atoms in total. The summed E-state index contributed by atoms with van der Waals surface area (Å²) in [6.07, 6.45) is 0. The molecule has 1 atom stereocenters. The van der Waals surface area contributed by atoms with Gasteiger partial charge in [-0.15, -0.1) is 11.8 Å². The van der Waals surface area contributed by atoms with E-state index in [1.807, 2.05) is 6.92 Å². The van der Waals surface area contributed by atoms with E-state index in [-0.39, 0.29) is 11.7 Å². The summed E-state index contributed by atoms with van der Waals surface area (Å²) in [5.41, 5.74) is -0.726. The Morgan fingerprint density at radius 1 is 1.38 bits per heavy atom. The van der Waals surface area contributed by atoms with E-state index in [1.54, 1.807) is 26.0 Å². The third-order valence-electron chi connectivity index (χ3n) is 2.87. The Hall–Kier alpha value is -1.60. The normalized spacial score (nSPS) is 13.5. The second-order valence-corrected chi connectivity index (χ2v) is 5.67. The molecule has 0 aromatic heterocycles. The first-order valence-electron chi connectivity index (χ1n) is 6.72. The molecule has 7 heteroatoms. The summed E-state index contributed by atoms with van der Waals surface area (Å²) >= 11 is 1.46. The van der Waals surface area contributed by atoms with Crippen LogP contribution in [-0.2, 0) is 9.53 Å². The van der Waals surface area contributed by atoms with Crippen LogP contribution in [0.15, 0.2) is 29.2 Å². The molecule has 0 fully saturated rings. The number of thioether (sulfide) groups is 1. The number of non-ortho nitro benzene ring substituents is 1. The summed E-state index contributed by atoms with van der Waals surface area (Å²) in [5.74, 6) is 0.193. The predicted molar refractivity (Wildman–Crippen MR) is 82.5 cm³/mol. The Balaban J connectivity index is 2.72. The molecule has 1 aromatic carbocycles. The topological polar surface area (TPSA) is 81.5 Å². The first-order valence-corrected chi connectivity index (χ1v) is 7.71. The Morgan fingerprint density at radius 2 is 2.00 bits per heavy atom. The highest BCUT2D eigenvalue weighted by Crippen LogP contribution is 2.25. The van der Waals surface area contributed by atoms with Crippen LogP contribution >= 0.6 is 11.8 Å². The maximum Gasteiger partial charge on any atom is 0.326 e. The smallest absolute Gasteiger partial charge is 0.326 e. The molecule has 1 rings (SSSR count).